The third kappa shape index (κ3) is 46.6. The number of hydrogen-bond acceptors (Lipinski definition) is 22. The zero-order valence-electron chi connectivity index (χ0n) is 57.5. The molecule has 1 heterocycles. The Balaban J connectivity index is 1.81. The fraction of sp³-hybridized carbons (Fsp3) is 0.803. The van der Waals surface area contributed by atoms with Crippen LogP contribution in [-0.2, 0) is 82.6 Å². The first-order valence-electron chi connectivity index (χ1n) is 32.8. The molecule has 1 aliphatic rings. The number of carbonyl (C=O) groups is 7. The number of esters is 4. The monoisotopic (exact) mass is 1300 g/mol. The van der Waals surface area contributed by atoms with Gasteiger partial charge in [-0.3, -0.25) is 53.2 Å². The summed E-state index contributed by atoms with van der Waals surface area (Å²) in [4.78, 5) is 97.1. The summed E-state index contributed by atoms with van der Waals surface area (Å²) in [5.41, 5.74) is 3.63. The summed E-state index contributed by atoms with van der Waals surface area (Å²) in [7, 11) is 0. The van der Waals surface area contributed by atoms with Gasteiger partial charge in [0.05, 0.1) is 98.9 Å². The van der Waals surface area contributed by atoms with Crippen LogP contribution >= 0.6 is 0 Å². The molecule has 0 aromatic heterocycles. The number of amides is 2. The number of ether oxygens (including phenoxy) is 10. The Bertz CT molecular complexity index is 2220. The van der Waals surface area contributed by atoms with Crippen LogP contribution < -0.4 is 21.1 Å². The Hall–Kier alpha value is -5.09. The van der Waals surface area contributed by atoms with E-state index in [9.17, 15) is 33.6 Å². The summed E-state index contributed by atoms with van der Waals surface area (Å²) in [5.74, 6) is -2.02. The molecule has 524 valence electrons. The molecule has 0 saturated carbocycles. The summed E-state index contributed by atoms with van der Waals surface area (Å²) in [6.45, 7) is 29.9. The molecule has 0 unspecified atom stereocenters. The number of aliphatic carboxylic acids is 1. The summed E-state index contributed by atoms with van der Waals surface area (Å²) >= 11 is 0. The van der Waals surface area contributed by atoms with Gasteiger partial charge in [0.1, 0.15) is 34.2 Å². The SMILES string of the molecule is CC(C)(C)OC(=O)CN1CCN(CC(=O)OC(C)(C)C)CCN(CC(=O)OC(C)(C)C)[C@@H](Cc2ccc(OCCCCCCCNC(=O)CCOCCOCCOCCOCCOCCC(=O)NCCCC[C@H](N)C(=O)O)cc2)CN(CC(=O)OC(C)(C)C)CC1. The number of carboxylic acids is 1. The Kier molecular flexibility index (Phi) is 40.8. The predicted molar refractivity (Wildman–Crippen MR) is 346 cm³/mol. The Morgan fingerprint density at radius 3 is 1.26 bits per heavy atom. The molecular formula is C66H117N7O18. The molecule has 1 aromatic carbocycles. The highest BCUT2D eigenvalue weighted by Gasteiger charge is 2.31. The molecule has 2 rings (SSSR count). The van der Waals surface area contributed by atoms with E-state index in [-0.39, 0.29) is 75.4 Å². The Labute approximate surface area is 543 Å². The lowest BCUT2D eigenvalue weighted by Crippen LogP contribution is -2.54. The molecule has 0 bridgehead atoms. The zero-order chi connectivity index (χ0) is 67.7. The number of carboxylic acid groups (broad SMARTS) is 1. The number of rotatable bonds is 43. The third-order valence-electron chi connectivity index (χ3n) is 13.5. The first kappa shape index (κ1) is 82.0. The van der Waals surface area contributed by atoms with Crippen LogP contribution in [0.2, 0.25) is 0 Å². The van der Waals surface area contributed by atoms with Crippen molar-refractivity contribution in [3.8, 4) is 5.75 Å². The minimum atomic E-state index is -1.02. The maximum absolute atomic E-state index is 13.8. The predicted octanol–water partition coefficient (Wildman–Crippen LogP) is 5.19. The van der Waals surface area contributed by atoms with Crippen molar-refractivity contribution in [2.24, 2.45) is 5.73 Å². The van der Waals surface area contributed by atoms with E-state index in [0.29, 0.717) is 151 Å². The lowest BCUT2D eigenvalue weighted by atomic mass is 10.0. The van der Waals surface area contributed by atoms with Crippen LogP contribution in [0.4, 0.5) is 0 Å². The third-order valence-corrected chi connectivity index (χ3v) is 13.5. The summed E-state index contributed by atoms with van der Waals surface area (Å²) < 4.78 is 56.9. The van der Waals surface area contributed by atoms with Crippen LogP contribution in [0.3, 0.4) is 0 Å². The fourth-order valence-electron chi connectivity index (χ4n) is 9.31. The van der Waals surface area contributed by atoms with E-state index in [1.54, 1.807) is 0 Å². The average molecular weight is 1300 g/mol. The van der Waals surface area contributed by atoms with Crippen molar-refractivity contribution in [3.63, 3.8) is 0 Å². The van der Waals surface area contributed by atoms with E-state index in [4.69, 9.17) is 58.2 Å². The minimum Gasteiger partial charge on any atom is -0.494 e. The van der Waals surface area contributed by atoms with Gasteiger partial charge in [0.15, 0.2) is 0 Å². The van der Waals surface area contributed by atoms with Crippen LogP contribution in [0.5, 0.6) is 5.75 Å². The van der Waals surface area contributed by atoms with Gasteiger partial charge < -0.3 is 68.8 Å². The van der Waals surface area contributed by atoms with E-state index in [0.717, 1.165) is 43.4 Å². The minimum absolute atomic E-state index is 0.000495. The van der Waals surface area contributed by atoms with Crippen LogP contribution in [0, 0.1) is 0 Å². The Morgan fingerprint density at radius 2 is 0.835 bits per heavy atom. The molecule has 1 aromatic rings. The van der Waals surface area contributed by atoms with Crippen molar-refractivity contribution in [1.29, 1.82) is 0 Å². The van der Waals surface area contributed by atoms with Gasteiger partial charge in [0.25, 0.3) is 0 Å². The lowest BCUT2D eigenvalue weighted by molar-refractivity contribution is -0.160. The number of nitrogens with one attached hydrogen (secondary N) is 2. The van der Waals surface area contributed by atoms with E-state index in [1.807, 2.05) is 122 Å². The van der Waals surface area contributed by atoms with Gasteiger partial charge in [0, 0.05) is 77.8 Å². The van der Waals surface area contributed by atoms with Crippen LogP contribution in [-0.4, -0.2) is 259 Å². The second kappa shape index (κ2) is 45.3. The summed E-state index contributed by atoms with van der Waals surface area (Å²) in [6, 6.07) is 6.75. The number of nitrogens with two attached hydrogens (primary N) is 1. The molecule has 5 N–H and O–H groups in total. The molecule has 0 radical (unpaired) electrons. The molecule has 2 atom stereocenters. The first-order valence-corrected chi connectivity index (χ1v) is 32.8. The summed E-state index contributed by atoms with van der Waals surface area (Å²) in [6.07, 6.45) is 7.37. The van der Waals surface area contributed by atoms with Crippen LogP contribution in [0.25, 0.3) is 0 Å². The van der Waals surface area contributed by atoms with Crippen LogP contribution in [0.15, 0.2) is 24.3 Å². The molecule has 1 fully saturated rings. The fourth-order valence-corrected chi connectivity index (χ4v) is 9.31. The normalized spacial score (nSPS) is 15.8. The van der Waals surface area contributed by atoms with Gasteiger partial charge in [-0.25, -0.2) is 0 Å². The van der Waals surface area contributed by atoms with Gasteiger partial charge in [0.2, 0.25) is 11.8 Å². The van der Waals surface area contributed by atoms with Crippen molar-refractivity contribution < 1.29 is 86.0 Å². The van der Waals surface area contributed by atoms with E-state index in [1.165, 1.54) is 0 Å². The van der Waals surface area contributed by atoms with E-state index >= 15 is 0 Å². The van der Waals surface area contributed by atoms with Crippen molar-refractivity contribution in [2.75, 3.05) is 158 Å². The molecule has 2 amide bonds. The van der Waals surface area contributed by atoms with Crippen molar-refractivity contribution in [2.45, 2.75) is 188 Å². The second-order valence-electron chi connectivity index (χ2n) is 26.9. The highest BCUT2D eigenvalue weighted by Crippen LogP contribution is 2.20. The smallest absolute Gasteiger partial charge is 0.320 e. The van der Waals surface area contributed by atoms with Gasteiger partial charge in [-0.15, -0.1) is 0 Å². The number of nitrogens with zero attached hydrogens (tertiary/aromatic N) is 4. The molecule has 1 aliphatic heterocycles. The number of hydrogen-bond donors (Lipinski definition) is 4. The molecular weight excluding hydrogens is 1180 g/mol. The largest absolute Gasteiger partial charge is 0.494 e. The van der Waals surface area contributed by atoms with Gasteiger partial charge in [-0.1, -0.05) is 31.4 Å². The molecule has 0 spiro atoms. The topological polar surface area (TPSA) is 295 Å². The zero-order valence-corrected chi connectivity index (χ0v) is 57.5. The standard InChI is InChI=1S/C66H117N7O18/c1-63(2,3)88-58(76)48-70-29-30-71(49-59(77)89-64(4,5)6)33-34-73(51-61(79)91-66(10,11)12)53(47-72(32-31-70)50-60(78)90-65(7,8)9)46-52-21-23-54(24-22-52)87-35-19-15-13-14-17-27-68-56(74)25-36-82-38-40-84-42-44-86-45-43-85-41-39-83-37-26-57(75)69-28-18-16-20-55(67)62(80)81/h21-24,53,55H,13-20,25-51,67H2,1-12H3,(H,68,74)(H,69,75)(H,80,81)/t53-,55-/m0/s1. The second-order valence-corrected chi connectivity index (χ2v) is 26.9. The summed E-state index contributed by atoms with van der Waals surface area (Å²) in [5, 5.41) is 14.5. The van der Waals surface area contributed by atoms with Gasteiger partial charge in [-0.2, -0.15) is 0 Å². The Morgan fingerprint density at radius 1 is 0.473 bits per heavy atom. The van der Waals surface area contributed by atoms with Gasteiger partial charge in [-0.05, 0) is 139 Å². The maximum atomic E-state index is 13.8. The maximum Gasteiger partial charge on any atom is 0.320 e. The van der Waals surface area contributed by atoms with Crippen molar-refractivity contribution in [1.82, 2.24) is 30.2 Å². The van der Waals surface area contributed by atoms with Crippen LogP contribution in [0.1, 0.15) is 153 Å². The number of unbranched alkanes of at least 4 members (excludes halogenated alkanes) is 5. The van der Waals surface area contributed by atoms with E-state index in [2.05, 4.69) is 15.5 Å². The molecule has 1 saturated heterocycles. The highest BCUT2D eigenvalue weighted by molar-refractivity contribution is 5.76. The average Bonchev–Trinajstić information content (AvgIpc) is 2.42. The molecule has 0 aliphatic carbocycles. The first-order chi connectivity index (χ1) is 42.8. The quantitative estimate of drug-likeness (QED) is 0.0371. The molecule has 25 heteroatoms. The van der Waals surface area contributed by atoms with Crippen molar-refractivity contribution in [3.05, 3.63) is 29.8 Å². The van der Waals surface area contributed by atoms with Crippen molar-refractivity contribution >= 4 is 41.7 Å². The lowest BCUT2D eigenvalue weighted by Gasteiger charge is -2.39. The molecule has 25 nitrogen and oxygen atoms in total. The van der Waals surface area contributed by atoms with E-state index < -0.39 is 46.4 Å². The molecule has 91 heavy (non-hydrogen) atoms. The van der Waals surface area contributed by atoms with Gasteiger partial charge >= 0.3 is 29.8 Å². The number of benzene rings is 1. The highest BCUT2D eigenvalue weighted by atomic mass is 16.6. The number of carbonyl (C=O) groups excluding carboxylic acids is 6.